The molecule has 4 aliphatic rings. The Balaban J connectivity index is 1.18. The van der Waals surface area contributed by atoms with Gasteiger partial charge in [0, 0.05) is 25.6 Å². The smallest absolute Gasteiger partial charge is 0.315 e. The van der Waals surface area contributed by atoms with E-state index < -0.39 is 5.91 Å². The highest BCUT2D eigenvalue weighted by atomic mass is 35.5. The van der Waals surface area contributed by atoms with E-state index in [9.17, 15) is 14.4 Å². The Labute approximate surface area is 198 Å². The van der Waals surface area contributed by atoms with Gasteiger partial charge in [-0.3, -0.25) is 9.59 Å². The summed E-state index contributed by atoms with van der Waals surface area (Å²) in [4.78, 5) is 38.4. The molecule has 4 aliphatic carbocycles. The predicted octanol–water partition coefficient (Wildman–Crippen LogP) is 4.05. The van der Waals surface area contributed by atoms with Crippen molar-refractivity contribution in [2.45, 2.75) is 50.5 Å². The maximum Gasteiger partial charge on any atom is 0.315 e. The summed E-state index contributed by atoms with van der Waals surface area (Å²) < 4.78 is 0. The molecule has 0 unspecified atom stereocenters. The van der Waals surface area contributed by atoms with Gasteiger partial charge in [-0.1, -0.05) is 29.3 Å². The number of rotatable bonds is 7. The van der Waals surface area contributed by atoms with Gasteiger partial charge in [-0.05, 0) is 68.4 Å². The maximum atomic E-state index is 12.5. The molecule has 9 heteroatoms. The normalized spacial score (nSPS) is 27.7. The van der Waals surface area contributed by atoms with E-state index in [2.05, 4.69) is 16.0 Å². The van der Waals surface area contributed by atoms with Crippen molar-refractivity contribution in [3.63, 3.8) is 0 Å². The number of urea groups is 1. The number of para-hydroxylation sites is 1. The molecule has 174 valence electrons. The number of likely N-dealkylation sites (N-methyl/N-ethyl adjacent to an activating group) is 1. The first-order valence-electron chi connectivity index (χ1n) is 11.3. The van der Waals surface area contributed by atoms with Crippen molar-refractivity contribution in [1.29, 1.82) is 0 Å². The number of nitrogens with zero attached hydrogens (tertiary/aromatic N) is 1. The van der Waals surface area contributed by atoms with Gasteiger partial charge in [0.05, 0.1) is 22.3 Å². The molecule has 1 aromatic rings. The number of nitrogens with one attached hydrogen (secondary N) is 3. The highest BCUT2D eigenvalue weighted by molar-refractivity contribution is 6.39. The summed E-state index contributed by atoms with van der Waals surface area (Å²) in [5.41, 5.74) is 0.266. The van der Waals surface area contributed by atoms with Gasteiger partial charge in [-0.25, -0.2) is 4.79 Å². The van der Waals surface area contributed by atoms with Crippen molar-refractivity contribution in [3.8, 4) is 0 Å². The third-order valence-corrected chi connectivity index (χ3v) is 7.71. The van der Waals surface area contributed by atoms with Gasteiger partial charge in [-0.2, -0.15) is 0 Å². The zero-order valence-corrected chi connectivity index (χ0v) is 19.8. The van der Waals surface area contributed by atoms with E-state index in [1.54, 1.807) is 25.2 Å². The first kappa shape index (κ1) is 23.2. The molecule has 0 atom stereocenters. The van der Waals surface area contributed by atoms with Crippen LogP contribution in [0.5, 0.6) is 0 Å². The van der Waals surface area contributed by atoms with Crippen LogP contribution in [0, 0.1) is 17.8 Å². The van der Waals surface area contributed by atoms with Crippen LogP contribution < -0.4 is 16.0 Å². The molecule has 1 aromatic carbocycles. The third kappa shape index (κ3) is 5.31. The fourth-order valence-corrected chi connectivity index (χ4v) is 6.61. The molecule has 7 nitrogen and oxygen atoms in total. The highest BCUT2D eigenvalue weighted by Crippen LogP contribution is 2.55. The fourth-order valence-electron chi connectivity index (χ4n) is 6.12. The maximum absolute atomic E-state index is 12.5. The molecule has 4 fully saturated rings. The molecule has 0 aliphatic heterocycles. The van der Waals surface area contributed by atoms with Crippen LogP contribution >= 0.6 is 23.2 Å². The number of anilines is 1. The summed E-state index contributed by atoms with van der Waals surface area (Å²) in [5, 5.41) is 9.34. The van der Waals surface area contributed by atoms with E-state index >= 15 is 0 Å². The number of halogens is 2. The Morgan fingerprint density at radius 2 is 1.59 bits per heavy atom. The van der Waals surface area contributed by atoms with Crippen LogP contribution in [0.25, 0.3) is 0 Å². The summed E-state index contributed by atoms with van der Waals surface area (Å²) in [6.45, 7) is 0.0825. The minimum absolute atomic E-state index is 0.0578. The quantitative estimate of drug-likeness (QED) is 0.549. The molecule has 0 radical (unpaired) electrons. The van der Waals surface area contributed by atoms with Crippen molar-refractivity contribution in [2.24, 2.45) is 17.8 Å². The second kappa shape index (κ2) is 9.48. The number of hydrogen-bond donors (Lipinski definition) is 3. The molecule has 4 amide bonds. The Kier molecular flexibility index (Phi) is 6.86. The lowest BCUT2D eigenvalue weighted by molar-refractivity contribution is -0.133. The van der Waals surface area contributed by atoms with Gasteiger partial charge >= 0.3 is 6.03 Å². The topological polar surface area (TPSA) is 90.5 Å². The summed E-state index contributed by atoms with van der Waals surface area (Å²) in [6.07, 6.45) is 7.32. The van der Waals surface area contributed by atoms with E-state index in [4.69, 9.17) is 23.2 Å². The van der Waals surface area contributed by atoms with Gasteiger partial charge in [0.1, 0.15) is 0 Å². The lowest BCUT2D eigenvalue weighted by Gasteiger charge is -2.56. The Morgan fingerprint density at radius 1 is 1.03 bits per heavy atom. The van der Waals surface area contributed by atoms with Crippen molar-refractivity contribution in [1.82, 2.24) is 15.5 Å². The molecule has 0 heterocycles. The van der Waals surface area contributed by atoms with Crippen LogP contribution in [-0.2, 0) is 9.59 Å². The van der Waals surface area contributed by atoms with Gasteiger partial charge in [0.15, 0.2) is 0 Å². The molecule has 3 N–H and O–H groups in total. The van der Waals surface area contributed by atoms with E-state index in [-0.39, 0.29) is 37.0 Å². The van der Waals surface area contributed by atoms with E-state index in [0.717, 1.165) is 37.0 Å². The van der Waals surface area contributed by atoms with Crippen LogP contribution in [0.3, 0.4) is 0 Å². The second-order valence-electron chi connectivity index (χ2n) is 9.72. The summed E-state index contributed by atoms with van der Waals surface area (Å²) in [7, 11) is 1.55. The molecule has 4 saturated carbocycles. The average Bonchev–Trinajstić information content (AvgIpc) is 2.69. The van der Waals surface area contributed by atoms with Crippen LogP contribution in [0.1, 0.15) is 44.9 Å². The van der Waals surface area contributed by atoms with E-state index in [1.165, 1.54) is 24.2 Å². The van der Waals surface area contributed by atoms with Crippen LogP contribution in [0.4, 0.5) is 10.5 Å². The summed E-state index contributed by atoms with van der Waals surface area (Å²) in [6, 6.07) is 4.73. The first-order chi connectivity index (χ1) is 15.2. The van der Waals surface area contributed by atoms with E-state index in [1.807, 2.05) is 0 Å². The van der Waals surface area contributed by atoms with Crippen LogP contribution in [-0.4, -0.2) is 48.4 Å². The molecule has 0 saturated heterocycles. The van der Waals surface area contributed by atoms with Crippen molar-refractivity contribution in [2.75, 3.05) is 25.5 Å². The standard InChI is InChI=1S/C23H30Cl2N4O3/c1-29(13-19(30)27-21-17(24)3-2-4-18(21)25)20(31)5-6-26-22(32)28-23-10-14-7-15(11-23)9-16(8-14)12-23/h2-4,14-16H,5-13H2,1H3,(H,27,30)(H2,26,28,32). The lowest BCUT2D eigenvalue weighted by atomic mass is 9.53. The Morgan fingerprint density at radius 3 is 2.16 bits per heavy atom. The number of hydrogen-bond acceptors (Lipinski definition) is 3. The number of amides is 4. The van der Waals surface area contributed by atoms with Crippen molar-refractivity contribution in [3.05, 3.63) is 28.2 Å². The largest absolute Gasteiger partial charge is 0.338 e. The molecular weight excluding hydrogens is 451 g/mol. The minimum atomic E-state index is -0.400. The lowest BCUT2D eigenvalue weighted by Crippen LogP contribution is -2.61. The molecule has 32 heavy (non-hydrogen) atoms. The van der Waals surface area contributed by atoms with Gasteiger partial charge in [0.25, 0.3) is 0 Å². The fraction of sp³-hybridized carbons (Fsp3) is 0.609. The predicted molar refractivity (Wildman–Crippen MR) is 125 cm³/mol. The van der Waals surface area contributed by atoms with Crippen LogP contribution in [0.2, 0.25) is 10.0 Å². The second-order valence-corrected chi connectivity index (χ2v) is 10.5. The Hall–Kier alpha value is -1.99. The van der Waals surface area contributed by atoms with Gasteiger partial charge in [-0.15, -0.1) is 0 Å². The number of carbonyl (C=O) groups is 3. The zero-order valence-electron chi connectivity index (χ0n) is 18.3. The average molecular weight is 481 g/mol. The molecular formula is C23H30Cl2N4O3. The summed E-state index contributed by atoms with van der Waals surface area (Å²) in [5.74, 6) is 1.62. The van der Waals surface area contributed by atoms with E-state index in [0.29, 0.717) is 15.7 Å². The molecule has 0 aromatic heterocycles. The number of benzene rings is 1. The first-order valence-corrected chi connectivity index (χ1v) is 12.0. The van der Waals surface area contributed by atoms with Crippen molar-refractivity contribution < 1.29 is 14.4 Å². The minimum Gasteiger partial charge on any atom is -0.338 e. The zero-order chi connectivity index (χ0) is 22.9. The SMILES string of the molecule is CN(CC(=O)Nc1c(Cl)cccc1Cl)C(=O)CCNC(=O)NC12CC3CC(CC(C3)C1)C2. The Bertz CT molecular complexity index is 852. The molecule has 5 rings (SSSR count). The summed E-state index contributed by atoms with van der Waals surface area (Å²) >= 11 is 12.1. The van der Waals surface area contributed by atoms with Crippen LogP contribution in [0.15, 0.2) is 18.2 Å². The van der Waals surface area contributed by atoms with Crippen molar-refractivity contribution >= 4 is 46.7 Å². The van der Waals surface area contributed by atoms with Gasteiger partial charge in [0.2, 0.25) is 11.8 Å². The molecule has 4 bridgehead atoms. The highest BCUT2D eigenvalue weighted by Gasteiger charge is 2.51. The third-order valence-electron chi connectivity index (χ3n) is 7.08. The monoisotopic (exact) mass is 480 g/mol. The van der Waals surface area contributed by atoms with Gasteiger partial charge < -0.3 is 20.9 Å². The molecule has 0 spiro atoms. The number of carbonyl (C=O) groups excluding carboxylic acids is 3.